The highest BCUT2D eigenvalue weighted by Crippen LogP contribution is 2.35. The molecule has 2 atom stereocenters. The Kier molecular flexibility index (Phi) is 9.17. The predicted octanol–water partition coefficient (Wildman–Crippen LogP) is 4.48. The van der Waals surface area contributed by atoms with Crippen molar-refractivity contribution in [3.63, 3.8) is 0 Å². The molecule has 7 heteroatoms. The average Bonchev–Trinajstić information content (AvgIpc) is 2.72. The number of hydrogen-bond acceptors (Lipinski definition) is 5. The number of sulfonamides is 1. The molecule has 0 N–H and O–H groups in total. The third kappa shape index (κ3) is 6.06. The molecule has 0 fully saturated rings. The molecular formula is C22H33NO5S. The normalized spacial score (nSPS) is 19.7. The second-order valence-electron chi connectivity index (χ2n) is 7.14. The van der Waals surface area contributed by atoms with E-state index in [1.165, 1.54) is 18.6 Å². The minimum absolute atomic E-state index is 0.0564. The summed E-state index contributed by atoms with van der Waals surface area (Å²) < 4.78 is 38.9. The molecule has 0 aliphatic carbocycles. The summed E-state index contributed by atoms with van der Waals surface area (Å²) in [5.74, 6) is -0.556. The third-order valence-electron chi connectivity index (χ3n) is 4.97. The molecule has 0 aromatic heterocycles. The molecule has 0 saturated heterocycles. The number of rotatable bonds is 11. The summed E-state index contributed by atoms with van der Waals surface area (Å²) in [5, 5.41) is 0. The van der Waals surface area contributed by atoms with Crippen LogP contribution in [0.5, 0.6) is 0 Å². The van der Waals surface area contributed by atoms with Crippen molar-refractivity contribution >= 4 is 16.0 Å². The molecule has 0 spiro atoms. The first kappa shape index (κ1) is 23.4. The van der Waals surface area contributed by atoms with Crippen LogP contribution in [0.2, 0.25) is 0 Å². The van der Waals surface area contributed by atoms with E-state index >= 15 is 0 Å². The van der Waals surface area contributed by atoms with E-state index < -0.39 is 22.2 Å². The van der Waals surface area contributed by atoms with Crippen molar-refractivity contribution in [2.24, 2.45) is 5.92 Å². The van der Waals surface area contributed by atoms with Gasteiger partial charge in [-0.3, -0.25) is 0 Å². The smallest absolute Gasteiger partial charge is 0.355 e. The van der Waals surface area contributed by atoms with E-state index in [-0.39, 0.29) is 23.1 Å². The molecule has 0 saturated carbocycles. The minimum Gasteiger partial charge on any atom is -0.461 e. The van der Waals surface area contributed by atoms with Gasteiger partial charge >= 0.3 is 5.97 Å². The van der Waals surface area contributed by atoms with E-state index in [1.807, 2.05) is 6.92 Å². The van der Waals surface area contributed by atoms with Crippen molar-refractivity contribution in [2.75, 3.05) is 13.2 Å². The molecule has 1 aliphatic rings. The Morgan fingerprint density at radius 2 is 1.79 bits per heavy atom. The second kappa shape index (κ2) is 11.4. The minimum atomic E-state index is -3.96. The lowest BCUT2D eigenvalue weighted by Gasteiger charge is -2.38. The number of benzene rings is 1. The van der Waals surface area contributed by atoms with Gasteiger partial charge in [0.1, 0.15) is 11.9 Å². The Bertz CT molecular complexity index is 776. The van der Waals surface area contributed by atoms with Crippen LogP contribution in [0.1, 0.15) is 59.3 Å². The van der Waals surface area contributed by atoms with Crippen LogP contribution < -0.4 is 0 Å². The van der Waals surface area contributed by atoms with Crippen LogP contribution in [0.4, 0.5) is 0 Å². The van der Waals surface area contributed by atoms with Crippen molar-refractivity contribution in [3.05, 3.63) is 42.1 Å². The predicted molar refractivity (Wildman–Crippen MR) is 112 cm³/mol. The maximum Gasteiger partial charge on any atom is 0.355 e. The van der Waals surface area contributed by atoms with E-state index in [4.69, 9.17) is 9.47 Å². The molecule has 1 aliphatic heterocycles. The molecule has 0 bridgehead atoms. The monoisotopic (exact) mass is 423 g/mol. The SMILES string of the molecule is CCCCCCC1C=C(C(=O)OCC)N(S(=O)(=O)c2ccccc2)C(OCC)C1. The highest BCUT2D eigenvalue weighted by molar-refractivity contribution is 7.89. The van der Waals surface area contributed by atoms with Crippen molar-refractivity contribution in [3.8, 4) is 0 Å². The van der Waals surface area contributed by atoms with Crippen LogP contribution in [0.3, 0.4) is 0 Å². The average molecular weight is 424 g/mol. The molecule has 162 valence electrons. The number of carbonyl (C=O) groups is 1. The van der Waals surface area contributed by atoms with Gasteiger partial charge in [0.05, 0.1) is 11.5 Å². The van der Waals surface area contributed by atoms with Gasteiger partial charge in [-0.05, 0) is 50.8 Å². The van der Waals surface area contributed by atoms with E-state index in [1.54, 1.807) is 31.2 Å². The van der Waals surface area contributed by atoms with Gasteiger partial charge in [0.15, 0.2) is 0 Å². The Morgan fingerprint density at radius 1 is 1.07 bits per heavy atom. The highest BCUT2D eigenvalue weighted by atomic mass is 32.2. The van der Waals surface area contributed by atoms with Crippen LogP contribution in [-0.4, -0.2) is 38.1 Å². The number of nitrogens with zero attached hydrogens (tertiary/aromatic N) is 1. The summed E-state index contributed by atoms with van der Waals surface area (Å²) >= 11 is 0. The second-order valence-corrected chi connectivity index (χ2v) is 8.96. The maximum atomic E-state index is 13.4. The molecule has 2 unspecified atom stereocenters. The molecule has 1 heterocycles. The summed E-state index contributed by atoms with van der Waals surface area (Å²) in [6, 6.07) is 8.13. The first-order valence-electron chi connectivity index (χ1n) is 10.6. The Morgan fingerprint density at radius 3 is 2.41 bits per heavy atom. The Labute approximate surface area is 174 Å². The molecule has 6 nitrogen and oxygen atoms in total. The number of ether oxygens (including phenoxy) is 2. The lowest BCUT2D eigenvalue weighted by Crippen LogP contribution is -2.47. The molecule has 29 heavy (non-hydrogen) atoms. The standard InChI is InChI=1S/C22H33NO5S/c1-4-7-8-10-13-18-16-20(22(24)28-6-3)23(21(17-18)27-5-2)29(25,26)19-14-11-9-12-15-19/h9,11-12,14-16,18,21H,4-8,10,13,17H2,1-3H3. The van der Waals surface area contributed by atoms with Gasteiger partial charge in [-0.2, -0.15) is 0 Å². The first-order valence-corrected chi connectivity index (χ1v) is 12.0. The molecule has 0 amide bonds. The van der Waals surface area contributed by atoms with Crippen LogP contribution in [-0.2, 0) is 24.3 Å². The van der Waals surface area contributed by atoms with E-state index in [2.05, 4.69) is 6.92 Å². The molecule has 1 aromatic rings. The summed E-state index contributed by atoms with van der Waals surface area (Å²) in [5.41, 5.74) is 0.0564. The fraction of sp³-hybridized carbons (Fsp3) is 0.591. The van der Waals surface area contributed by atoms with Gasteiger partial charge in [0, 0.05) is 6.61 Å². The first-order chi connectivity index (χ1) is 14.0. The quantitative estimate of drug-likeness (QED) is 0.388. The topological polar surface area (TPSA) is 72.9 Å². The van der Waals surface area contributed by atoms with Gasteiger partial charge in [-0.15, -0.1) is 0 Å². The lowest BCUT2D eigenvalue weighted by molar-refractivity contribution is -0.142. The number of hydrogen-bond donors (Lipinski definition) is 0. The van der Waals surface area contributed by atoms with Crippen LogP contribution in [0.25, 0.3) is 0 Å². The Balaban J connectivity index is 2.41. The largest absolute Gasteiger partial charge is 0.461 e. The fourth-order valence-corrected chi connectivity index (χ4v) is 5.17. The zero-order valence-corrected chi connectivity index (χ0v) is 18.5. The zero-order valence-electron chi connectivity index (χ0n) is 17.7. The number of unbranched alkanes of at least 4 members (excludes halogenated alkanes) is 3. The van der Waals surface area contributed by atoms with Crippen LogP contribution >= 0.6 is 0 Å². The zero-order chi connectivity index (χ0) is 21.3. The van der Waals surface area contributed by atoms with Gasteiger partial charge in [0.2, 0.25) is 0 Å². The van der Waals surface area contributed by atoms with Gasteiger partial charge in [0.25, 0.3) is 10.0 Å². The number of allylic oxidation sites excluding steroid dienone is 1. The lowest BCUT2D eigenvalue weighted by atomic mass is 9.93. The van der Waals surface area contributed by atoms with Crippen LogP contribution in [0, 0.1) is 5.92 Å². The summed E-state index contributed by atoms with van der Waals surface area (Å²) in [7, 11) is -3.96. The molecule has 1 aromatic carbocycles. The summed E-state index contributed by atoms with van der Waals surface area (Å²) in [6.07, 6.45) is 6.94. The van der Waals surface area contributed by atoms with E-state index in [0.29, 0.717) is 13.0 Å². The molecular weight excluding hydrogens is 390 g/mol. The van der Waals surface area contributed by atoms with Gasteiger partial charge in [-0.25, -0.2) is 17.5 Å². The van der Waals surface area contributed by atoms with Crippen molar-refractivity contribution in [1.29, 1.82) is 0 Å². The molecule has 0 radical (unpaired) electrons. The maximum absolute atomic E-state index is 13.4. The van der Waals surface area contributed by atoms with E-state index in [9.17, 15) is 13.2 Å². The Hall–Kier alpha value is -1.86. The summed E-state index contributed by atoms with van der Waals surface area (Å²) in [4.78, 5) is 12.8. The van der Waals surface area contributed by atoms with E-state index in [0.717, 1.165) is 30.0 Å². The van der Waals surface area contributed by atoms with Crippen molar-refractivity contribution in [2.45, 2.75) is 70.4 Å². The van der Waals surface area contributed by atoms with Crippen LogP contribution in [0.15, 0.2) is 47.0 Å². The highest BCUT2D eigenvalue weighted by Gasteiger charge is 2.41. The summed E-state index contributed by atoms with van der Waals surface area (Å²) in [6.45, 7) is 6.22. The number of esters is 1. The van der Waals surface area contributed by atoms with Gasteiger partial charge < -0.3 is 9.47 Å². The van der Waals surface area contributed by atoms with Crippen molar-refractivity contribution < 1.29 is 22.7 Å². The molecule has 2 rings (SSSR count). The van der Waals surface area contributed by atoms with Crippen molar-refractivity contribution in [1.82, 2.24) is 4.31 Å². The van der Waals surface area contributed by atoms with Gasteiger partial charge in [-0.1, -0.05) is 50.8 Å². The number of carbonyl (C=O) groups excluding carboxylic acids is 1. The third-order valence-corrected chi connectivity index (χ3v) is 6.79. The fourth-order valence-electron chi connectivity index (χ4n) is 3.59.